The van der Waals surface area contributed by atoms with Crippen LogP contribution in [0.1, 0.15) is 33.6 Å². The molecule has 31 heavy (non-hydrogen) atoms. The molecule has 0 saturated carbocycles. The van der Waals surface area contributed by atoms with Gasteiger partial charge in [-0.1, -0.05) is 81.4 Å². The van der Waals surface area contributed by atoms with E-state index in [1.54, 1.807) is 16.2 Å². The second-order valence-electron chi connectivity index (χ2n) is 8.78. The van der Waals surface area contributed by atoms with Gasteiger partial charge in [-0.05, 0) is 34.3 Å². The lowest BCUT2D eigenvalue weighted by Crippen LogP contribution is -2.73. The lowest BCUT2D eigenvalue weighted by molar-refractivity contribution is 0.147. The van der Waals surface area contributed by atoms with Crippen molar-refractivity contribution in [2.45, 2.75) is 44.7 Å². The van der Waals surface area contributed by atoms with Crippen LogP contribution in [0.4, 0.5) is 4.79 Å². The van der Waals surface area contributed by atoms with Crippen molar-refractivity contribution in [1.82, 2.24) is 8.87 Å². The Morgan fingerprint density at radius 1 is 1.10 bits per heavy atom. The van der Waals surface area contributed by atoms with Gasteiger partial charge in [0.15, 0.2) is 0 Å². The third kappa shape index (κ3) is 4.46. The molecule has 0 aliphatic carbocycles. The largest absolute Gasteiger partial charge is 0.465 e. The van der Waals surface area contributed by atoms with Crippen molar-refractivity contribution in [3.63, 3.8) is 0 Å². The van der Waals surface area contributed by atoms with E-state index >= 15 is 0 Å². The number of likely N-dealkylation sites (tertiary alicyclic amines) is 1. The van der Waals surface area contributed by atoms with Crippen LogP contribution in [0.3, 0.4) is 0 Å². The summed E-state index contributed by atoms with van der Waals surface area (Å²) in [5, 5.41) is 11.2. The molecule has 0 aromatic heterocycles. The Hall–Kier alpha value is -2.42. The average Bonchev–Trinajstić information content (AvgIpc) is 3.20. The minimum absolute atomic E-state index is 0.304. The fourth-order valence-electron chi connectivity index (χ4n) is 4.67. The molecule has 2 aromatic carbocycles. The van der Waals surface area contributed by atoms with E-state index in [0.717, 1.165) is 16.8 Å². The Bertz CT molecular complexity index is 908. The van der Waals surface area contributed by atoms with Crippen LogP contribution in [0.5, 0.6) is 0 Å². The lowest BCUT2D eigenvalue weighted by Gasteiger charge is -2.48. The first kappa shape index (κ1) is 23.2. The monoisotopic (exact) mass is 458 g/mol. The highest BCUT2D eigenvalue weighted by Crippen LogP contribution is 2.39. The van der Waals surface area contributed by atoms with E-state index in [1.165, 1.54) is 4.90 Å². The second-order valence-corrected chi connectivity index (χ2v) is 14.5. The fraction of sp³-hybridized carbons (Fsp3) is 0.348. The molecule has 2 unspecified atom stereocenters. The molecule has 0 bridgehead atoms. The number of rotatable bonds is 6. The maximum absolute atomic E-state index is 12.9. The standard InChI is InChI=1S/C23H30N2O4SSi/c1-23(2,3)31(20-12-6-4-7-13-20,21-14-8-5-9-15-21)25(30(28)29)18-16-19-11-10-17-24(19)22(26)27/h4-9,12-16,18-19H,10-11,17H2,1-3H3,(H,26,27)(H,28,29)/b18-16+. The van der Waals surface area contributed by atoms with E-state index in [1.807, 2.05) is 60.7 Å². The number of carboxylic acid groups (broad SMARTS) is 1. The number of nitrogens with zero attached hydrogens (tertiary/aromatic N) is 2. The van der Waals surface area contributed by atoms with Gasteiger partial charge in [0, 0.05) is 12.7 Å². The minimum Gasteiger partial charge on any atom is -0.465 e. The van der Waals surface area contributed by atoms with Gasteiger partial charge in [0.2, 0.25) is 8.24 Å². The third-order valence-electron chi connectivity index (χ3n) is 5.96. The first-order valence-corrected chi connectivity index (χ1v) is 13.4. The smallest absolute Gasteiger partial charge is 0.407 e. The van der Waals surface area contributed by atoms with E-state index in [0.29, 0.717) is 13.0 Å². The number of hydrogen-bond acceptors (Lipinski definition) is 2. The molecule has 6 nitrogen and oxygen atoms in total. The van der Waals surface area contributed by atoms with E-state index in [2.05, 4.69) is 20.8 Å². The summed E-state index contributed by atoms with van der Waals surface area (Å²) in [5.41, 5.74) is 0. The highest BCUT2D eigenvalue weighted by molar-refractivity contribution is 7.79. The number of hydrogen-bond donors (Lipinski definition) is 2. The van der Waals surface area contributed by atoms with Crippen LogP contribution >= 0.6 is 0 Å². The summed E-state index contributed by atoms with van der Waals surface area (Å²) in [6.07, 6.45) is 3.96. The molecule has 1 saturated heterocycles. The minimum atomic E-state index is -3.03. The Balaban J connectivity index is 2.22. The Labute approximate surface area is 187 Å². The maximum atomic E-state index is 12.9. The van der Waals surface area contributed by atoms with Crippen molar-refractivity contribution in [3.8, 4) is 0 Å². The second kappa shape index (κ2) is 9.38. The van der Waals surface area contributed by atoms with Crippen molar-refractivity contribution in [2.24, 2.45) is 0 Å². The van der Waals surface area contributed by atoms with Crippen molar-refractivity contribution in [1.29, 1.82) is 0 Å². The first-order chi connectivity index (χ1) is 14.7. The first-order valence-electron chi connectivity index (χ1n) is 10.4. The van der Waals surface area contributed by atoms with Gasteiger partial charge in [0.05, 0.1) is 6.04 Å². The number of amides is 1. The molecule has 2 atom stereocenters. The molecule has 1 heterocycles. The highest BCUT2D eigenvalue weighted by Gasteiger charge is 2.54. The summed E-state index contributed by atoms with van der Waals surface area (Å²) in [6.45, 7) is 6.79. The molecule has 2 aromatic rings. The summed E-state index contributed by atoms with van der Waals surface area (Å²) in [5.74, 6) is 0. The Kier molecular flexibility index (Phi) is 7.03. The summed E-state index contributed by atoms with van der Waals surface area (Å²) < 4.78 is 25.0. The van der Waals surface area contributed by atoms with Crippen LogP contribution in [0.2, 0.25) is 5.04 Å². The molecule has 2 N–H and O–H groups in total. The Morgan fingerprint density at radius 2 is 1.61 bits per heavy atom. The van der Waals surface area contributed by atoms with E-state index in [4.69, 9.17) is 0 Å². The summed E-state index contributed by atoms with van der Waals surface area (Å²) in [7, 11) is -3.03. The van der Waals surface area contributed by atoms with Crippen LogP contribution in [-0.4, -0.2) is 49.7 Å². The normalized spacial score (nSPS) is 18.3. The van der Waals surface area contributed by atoms with Crippen LogP contribution < -0.4 is 10.4 Å². The van der Waals surface area contributed by atoms with Gasteiger partial charge in [-0.25, -0.2) is 9.00 Å². The highest BCUT2D eigenvalue weighted by atomic mass is 32.2. The van der Waals surface area contributed by atoms with Gasteiger partial charge >= 0.3 is 6.09 Å². The fourth-order valence-corrected chi connectivity index (χ4v) is 12.1. The average molecular weight is 459 g/mol. The van der Waals surface area contributed by atoms with Gasteiger partial charge in [0.25, 0.3) is 11.3 Å². The summed E-state index contributed by atoms with van der Waals surface area (Å²) in [6, 6.07) is 19.5. The SMILES string of the molecule is CC(C)(C)[Si](c1ccccc1)(c1ccccc1)N(/C=C/C1CCCN1C(=O)O)S(=O)O. The van der Waals surface area contributed by atoms with Crippen LogP contribution in [-0.2, 0) is 11.3 Å². The van der Waals surface area contributed by atoms with Crippen molar-refractivity contribution >= 4 is 36.0 Å². The predicted octanol–water partition coefficient (Wildman–Crippen LogP) is 3.64. The van der Waals surface area contributed by atoms with Gasteiger partial charge in [-0.2, -0.15) is 0 Å². The number of carbonyl (C=O) groups is 1. The molecule has 1 fully saturated rings. The lowest BCUT2D eigenvalue weighted by atomic mass is 10.2. The van der Waals surface area contributed by atoms with Gasteiger partial charge in [-0.3, -0.25) is 8.52 Å². The van der Waals surface area contributed by atoms with Gasteiger partial charge < -0.3 is 10.0 Å². The van der Waals surface area contributed by atoms with Gasteiger partial charge in [-0.15, -0.1) is 0 Å². The number of benzene rings is 2. The molecule has 1 aliphatic rings. The zero-order valence-corrected chi connectivity index (χ0v) is 20.0. The molecule has 0 radical (unpaired) electrons. The topological polar surface area (TPSA) is 81.1 Å². The predicted molar refractivity (Wildman–Crippen MR) is 127 cm³/mol. The third-order valence-corrected chi connectivity index (χ3v) is 13.0. The van der Waals surface area contributed by atoms with Crippen molar-refractivity contribution < 1.29 is 18.7 Å². The van der Waals surface area contributed by atoms with Crippen molar-refractivity contribution in [3.05, 3.63) is 72.9 Å². The molecule has 166 valence electrons. The zero-order valence-electron chi connectivity index (χ0n) is 18.1. The Morgan fingerprint density at radius 3 is 2.03 bits per heavy atom. The quantitative estimate of drug-likeness (QED) is 0.512. The molecule has 3 rings (SSSR count). The van der Waals surface area contributed by atoms with Crippen LogP contribution in [0.25, 0.3) is 0 Å². The van der Waals surface area contributed by atoms with Crippen LogP contribution in [0.15, 0.2) is 72.9 Å². The van der Waals surface area contributed by atoms with Crippen LogP contribution in [0, 0.1) is 0 Å². The molecular weight excluding hydrogens is 428 g/mol. The summed E-state index contributed by atoms with van der Waals surface area (Å²) >= 11 is -2.30. The maximum Gasteiger partial charge on any atom is 0.407 e. The van der Waals surface area contributed by atoms with E-state index < -0.39 is 25.6 Å². The molecule has 8 heteroatoms. The van der Waals surface area contributed by atoms with E-state index in [-0.39, 0.29) is 11.1 Å². The molecule has 1 amide bonds. The van der Waals surface area contributed by atoms with E-state index in [9.17, 15) is 18.7 Å². The zero-order chi connectivity index (χ0) is 22.6. The summed E-state index contributed by atoms with van der Waals surface area (Å²) in [4.78, 5) is 13.0. The molecule has 0 spiro atoms. The molecular formula is C23H30N2O4SSi. The van der Waals surface area contributed by atoms with Crippen molar-refractivity contribution in [2.75, 3.05) is 6.54 Å². The van der Waals surface area contributed by atoms with Gasteiger partial charge in [0.1, 0.15) is 0 Å². The molecule has 1 aliphatic heterocycles.